The van der Waals surface area contributed by atoms with Crippen LogP contribution in [0.2, 0.25) is 0 Å². The molecule has 10 heteroatoms. The molecule has 2 heterocycles. The van der Waals surface area contributed by atoms with Crippen LogP contribution in [0, 0.1) is 11.6 Å². The van der Waals surface area contributed by atoms with Gasteiger partial charge in [-0.1, -0.05) is 6.07 Å². The Morgan fingerprint density at radius 3 is 2.50 bits per heavy atom. The first-order valence-electron chi connectivity index (χ1n) is 7.87. The quantitative estimate of drug-likeness (QED) is 0.832. The number of rotatable bonds is 5. The number of anilines is 1. The number of hydrogen-bond donors (Lipinski definition) is 1. The number of nitrogens with zero attached hydrogens (tertiary/aromatic N) is 2. The molecule has 1 aliphatic rings. The Bertz CT molecular complexity index is 880. The van der Waals surface area contributed by atoms with E-state index in [4.69, 9.17) is 0 Å². The first kappa shape index (κ1) is 18.9. The number of benzene rings is 1. The molecule has 1 aliphatic heterocycles. The molecule has 0 aliphatic carbocycles. The molecule has 0 saturated carbocycles. The number of carbonyl (C=O) groups excluding carboxylic acids is 1. The Hall–Kier alpha value is -1.88. The molecule has 26 heavy (non-hydrogen) atoms. The Morgan fingerprint density at radius 2 is 1.88 bits per heavy atom. The van der Waals surface area contributed by atoms with Gasteiger partial charge < -0.3 is 5.32 Å². The minimum Gasteiger partial charge on any atom is -0.322 e. The third kappa shape index (κ3) is 4.26. The average Bonchev–Trinajstić information content (AvgIpc) is 3.13. The van der Waals surface area contributed by atoms with Crippen molar-refractivity contribution in [3.8, 4) is 0 Å². The highest BCUT2D eigenvalue weighted by molar-refractivity contribution is 7.91. The van der Waals surface area contributed by atoms with E-state index in [9.17, 15) is 22.0 Å². The molecular formula is C16H17F2N3O3S2. The number of amides is 1. The van der Waals surface area contributed by atoms with Crippen LogP contribution in [-0.2, 0) is 14.8 Å². The van der Waals surface area contributed by atoms with Gasteiger partial charge in [0, 0.05) is 32.2 Å². The Labute approximate surface area is 154 Å². The molecule has 1 fully saturated rings. The van der Waals surface area contributed by atoms with E-state index in [0.717, 1.165) is 12.1 Å². The van der Waals surface area contributed by atoms with Crippen LogP contribution in [0.4, 0.5) is 14.5 Å². The van der Waals surface area contributed by atoms with Gasteiger partial charge in [-0.05, 0) is 23.6 Å². The van der Waals surface area contributed by atoms with Crippen LogP contribution in [0.25, 0.3) is 0 Å². The zero-order valence-corrected chi connectivity index (χ0v) is 15.3. The van der Waals surface area contributed by atoms with Gasteiger partial charge in [0.25, 0.3) is 10.0 Å². The van der Waals surface area contributed by atoms with E-state index >= 15 is 0 Å². The molecule has 0 radical (unpaired) electrons. The van der Waals surface area contributed by atoms with Crippen molar-refractivity contribution in [2.75, 3.05) is 38.0 Å². The summed E-state index contributed by atoms with van der Waals surface area (Å²) in [6.07, 6.45) is 0. The van der Waals surface area contributed by atoms with Gasteiger partial charge >= 0.3 is 0 Å². The SMILES string of the molecule is O=C(CN1CCN(S(=O)(=O)c2cccs2)CC1)Nc1ccc(F)cc1F. The number of carbonyl (C=O) groups is 1. The van der Waals surface area contributed by atoms with Gasteiger partial charge in [-0.3, -0.25) is 9.69 Å². The highest BCUT2D eigenvalue weighted by atomic mass is 32.2. The van der Waals surface area contributed by atoms with Gasteiger partial charge in [-0.15, -0.1) is 11.3 Å². The molecule has 3 rings (SSSR count). The number of nitrogens with one attached hydrogen (secondary N) is 1. The summed E-state index contributed by atoms with van der Waals surface area (Å²) in [7, 11) is -3.49. The fourth-order valence-corrected chi connectivity index (χ4v) is 5.22. The molecule has 0 bridgehead atoms. The smallest absolute Gasteiger partial charge is 0.252 e. The molecule has 0 unspecified atom stereocenters. The second-order valence-corrected chi connectivity index (χ2v) is 8.90. The van der Waals surface area contributed by atoms with Crippen LogP contribution in [0.3, 0.4) is 0 Å². The van der Waals surface area contributed by atoms with E-state index in [-0.39, 0.29) is 25.3 Å². The molecule has 0 atom stereocenters. The lowest BCUT2D eigenvalue weighted by molar-refractivity contribution is -0.117. The van der Waals surface area contributed by atoms with Crippen LogP contribution < -0.4 is 5.32 Å². The lowest BCUT2D eigenvalue weighted by Gasteiger charge is -2.33. The van der Waals surface area contributed by atoms with Crippen molar-refractivity contribution in [1.29, 1.82) is 0 Å². The van der Waals surface area contributed by atoms with Crippen LogP contribution in [0.15, 0.2) is 39.9 Å². The largest absolute Gasteiger partial charge is 0.322 e. The summed E-state index contributed by atoms with van der Waals surface area (Å²) < 4.78 is 53.0. The topological polar surface area (TPSA) is 69.7 Å². The summed E-state index contributed by atoms with van der Waals surface area (Å²) in [6.45, 7) is 1.34. The van der Waals surface area contributed by atoms with Crippen molar-refractivity contribution in [2.45, 2.75) is 4.21 Å². The predicted molar refractivity (Wildman–Crippen MR) is 94.5 cm³/mol. The molecule has 1 aromatic carbocycles. The van der Waals surface area contributed by atoms with Gasteiger partial charge in [0.1, 0.15) is 15.8 Å². The molecule has 1 saturated heterocycles. The van der Waals surface area contributed by atoms with Crippen molar-refractivity contribution in [3.63, 3.8) is 0 Å². The summed E-state index contributed by atoms with van der Waals surface area (Å²) >= 11 is 1.17. The average molecular weight is 401 g/mol. The van der Waals surface area contributed by atoms with Crippen molar-refractivity contribution >= 4 is 33.0 Å². The lowest BCUT2D eigenvalue weighted by Crippen LogP contribution is -2.50. The standard InChI is InChI=1S/C16H17F2N3O3S2/c17-12-3-4-14(13(18)10-12)19-15(22)11-20-5-7-21(8-6-20)26(23,24)16-2-1-9-25-16/h1-4,9-10H,5-8,11H2,(H,19,22). The van der Waals surface area contributed by atoms with Crippen LogP contribution in [-0.4, -0.2) is 56.3 Å². The summed E-state index contributed by atoms with van der Waals surface area (Å²) in [5.74, 6) is -2.00. The van der Waals surface area contributed by atoms with Crippen molar-refractivity contribution < 1.29 is 22.0 Å². The Kier molecular flexibility index (Phi) is 5.66. The van der Waals surface area contributed by atoms with E-state index in [1.54, 1.807) is 22.4 Å². The minimum atomic E-state index is -3.49. The lowest BCUT2D eigenvalue weighted by atomic mass is 10.3. The maximum Gasteiger partial charge on any atom is 0.252 e. The monoisotopic (exact) mass is 401 g/mol. The van der Waals surface area contributed by atoms with E-state index in [1.807, 2.05) is 0 Å². The summed E-state index contributed by atoms with van der Waals surface area (Å²) in [4.78, 5) is 13.8. The van der Waals surface area contributed by atoms with Gasteiger partial charge in [0.2, 0.25) is 5.91 Å². The normalized spacial score (nSPS) is 16.5. The van der Waals surface area contributed by atoms with Crippen molar-refractivity contribution in [1.82, 2.24) is 9.21 Å². The van der Waals surface area contributed by atoms with Gasteiger partial charge in [0.15, 0.2) is 0 Å². The zero-order valence-electron chi connectivity index (χ0n) is 13.7. The number of hydrogen-bond acceptors (Lipinski definition) is 5. The molecule has 1 amide bonds. The highest BCUT2D eigenvalue weighted by Gasteiger charge is 2.29. The van der Waals surface area contributed by atoms with E-state index < -0.39 is 27.6 Å². The fourth-order valence-electron chi connectivity index (χ4n) is 2.65. The maximum atomic E-state index is 13.6. The molecule has 1 N–H and O–H groups in total. The Balaban J connectivity index is 1.53. The number of piperazine rings is 1. The third-order valence-electron chi connectivity index (χ3n) is 3.99. The summed E-state index contributed by atoms with van der Waals surface area (Å²) in [5.41, 5.74) is -0.0877. The molecule has 140 valence electrons. The number of halogens is 2. The van der Waals surface area contributed by atoms with Crippen LogP contribution in [0.1, 0.15) is 0 Å². The Morgan fingerprint density at radius 1 is 1.15 bits per heavy atom. The van der Waals surface area contributed by atoms with Crippen LogP contribution >= 0.6 is 11.3 Å². The van der Waals surface area contributed by atoms with E-state index in [1.165, 1.54) is 15.6 Å². The second-order valence-electron chi connectivity index (χ2n) is 5.78. The van der Waals surface area contributed by atoms with Gasteiger partial charge in [0.05, 0.1) is 12.2 Å². The maximum absolute atomic E-state index is 13.6. The van der Waals surface area contributed by atoms with E-state index in [0.29, 0.717) is 23.4 Å². The molecule has 0 spiro atoms. The molecule has 1 aromatic heterocycles. The first-order valence-corrected chi connectivity index (χ1v) is 10.2. The minimum absolute atomic E-state index is 0.00368. The second kappa shape index (κ2) is 7.78. The number of sulfonamides is 1. The van der Waals surface area contributed by atoms with Crippen LogP contribution in [0.5, 0.6) is 0 Å². The van der Waals surface area contributed by atoms with Crippen molar-refractivity contribution in [2.24, 2.45) is 0 Å². The highest BCUT2D eigenvalue weighted by Crippen LogP contribution is 2.22. The molecule has 6 nitrogen and oxygen atoms in total. The summed E-state index contributed by atoms with van der Waals surface area (Å²) in [6, 6.07) is 6.18. The predicted octanol–water partition coefficient (Wildman–Crippen LogP) is 1.97. The summed E-state index contributed by atoms with van der Waals surface area (Å²) in [5, 5.41) is 4.11. The molecule has 2 aromatic rings. The van der Waals surface area contributed by atoms with Crippen molar-refractivity contribution in [3.05, 3.63) is 47.3 Å². The molecular weight excluding hydrogens is 384 g/mol. The van der Waals surface area contributed by atoms with Gasteiger partial charge in [-0.25, -0.2) is 17.2 Å². The number of thiophene rings is 1. The third-order valence-corrected chi connectivity index (χ3v) is 7.26. The van der Waals surface area contributed by atoms with Gasteiger partial charge in [-0.2, -0.15) is 4.31 Å². The zero-order chi connectivity index (χ0) is 18.7. The van der Waals surface area contributed by atoms with E-state index in [2.05, 4.69) is 5.32 Å². The first-order chi connectivity index (χ1) is 12.4. The fraction of sp³-hybridized carbons (Fsp3) is 0.312.